The Morgan fingerprint density at radius 2 is 2.27 bits per heavy atom. The zero-order chi connectivity index (χ0) is 8.27. The lowest BCUT2D eigenvalue weighted by Crippen LogP contribution is -2.36. The van der Waals surface area contributed by atoms with Crippen molar-refractivity contribution in [2.24, 2.45) is 5.73 Å². The molecular weight excluding hydrogens is 143 g/mol. The molecule has 0 spiro atoms. The van der Waals surface area contributed by atoms with Crippen LogP contribution < -0.4 is 11.3 Å². The van der Waals surface area contributed by atoms with Crippen molar-refractivity contribution in [3.63, 3.8) is 0 Å². The maximum Gasteiger partial charge on any atom is 0.508 e. The fourth-order valence-electron chi connectivity index (χ4n) is 0.856. The van der Waals surface area contributed by atoms with E-state index in [0.717, 1.165) is 0 Å². The molecule has 4 N–H and O–H groups in total. The summed E-state index contributed by atoms with van der Waals surface area (Å²) in [5, 5.41) is 17.5. The molecule has 0 fully saturated rings. The lowest BCUT2D eigenvalue weighted by Gasteiger charge is -2.03. The Morgan fingerprint density at radius 3 is 2.73 bits per heavy atom. The molecule has 1 aromatic heterocycles. The average Bonchev–Trinajstić information content (AvgIpc) is 2.04. The highest BCUT2D eigenvalue weighted by molar-refractivity contribution is 6.58. The van der Waals surface area contributed by atoms with Crippen molar-refractivity contribution in [2.45, 2.75) is 6.54 Å². The number of hydrogen-bond acceptors (Lipinski definition) is 4. The molecule has 1 aromatic rings. The summed E-state index contributed by atoms with van der Waals surface area (Å²) in [6.07, 6.45) is 1.49. The fourth-order valence-corrected chi connectivity index (χ4v) is 0.856. The van der Waals surface area contributed by atoms with Gasteiger partial charge >= 0.3 is 7.12 Å². The number of hydrogen-bond donors (Lipinski definition) is 3. The van der Waals surface area contributed by atoms with Gasteiger partial charge in [0.1, 0.15) is 0 Å². The molecule has 4 nitrogen and oxygen atoms in total. The lowest BCUT2D eigenvalue weighted by atomic mass is 9.82. The summed E-state index contributed by atoms with van der Waals surface area (Å²) < 4.78 is 0. The van der Waals surface area contributed by atoms with Crippen molar-refractivity contribution in [1.82, 2.24) is 4.98 Å². The topological polar surface area (TPSA) is 79.4 Å². The highest BCUT2D eigenvalue weighted by Gasteiger charge is 2.15. The molecular formula is C6H9BN2O2. The summed E-state index contributed by atoms with van der Waals surface area (Å²) >= 11 is 0. The van der Waals surface area contributed by atoms with Crippen LogP contribution in [-0.2, 0) is 6.54 Å². The minimum Gasteiger partial charge on any atom is -0.422 e. The van der Waals surface area contributed by atoms with Crippen LogP contribution in [0.5, 0.6) is 0 Å². The summed E-state index contributed by atoms with van der Waals surface area (Å²) in [4.78, 5) is 3.77. The predicted octanol–water partition coefficient (Wildman–Crippen LogP) is -1.78. The third kappa shape index (κ3) is 1.77. The second kappa shape index (κ2) is 3.48. The molecule has 0 amide bonds. The van der Waals surface area contributed by atoms with Crippen molar-refractivity contribution in [1.29, 1.82) is 0 Å². The van der Waals surface area contributed by atoms with Crippen LogP contribution in [0.4, 0.5) is 0 Å². The van der Waals surface area contributed by atoms with Crippen molar-refractivity contribution in [3.8, 4) is 0 Å². The second-order valence-corrected chi connectivity index (χ2v) is 2.13. The maximum atomic E-state index is 8.77. The van der Waals surface area contributed by atoms with E-state index in [4.69, 9.17) is 15.8 Å². The van der Waals surface area contributed by atoms with Crippen molar-refractivity contribution in [3.05, 3.63) is 23.9 Å². The quantitative estimate of drug-likeness (QED) is 0.437. The molecule has 0 aliphatic rings. The van der Waals surface area contributed by atoms with Gasteiger partial charge in [0, 0.05) is 12.7 Å². The summed E-state index contributed by atoms with van der Waals surface area (Å²) in [6, 6.07) is 3.41. The first kappa shape index (κ1) is 8.19. The highest BCUT2D eigenvalue weighted by atomic mass is 16.4. The fraction of sp³-hybridized carbons (Fsp3) is 0.167. The van der Waals surface area contributed by atoms with Gasteiger partial charge in [0.05, 0.1) is 5.59 Å². The van der Waals surface area contributed by atoms with E-state index < -0.39 is 7.12 Å². The monoisotopic (exact) mass is 152 g/mol. The molecule has 0 saturated heterocycles. The van der Waals surface area contributed by atoms with E-state index in [1.807, 2.05) is 0 Å². The molecule has 0 unspecified atom stereocenters. The largest absolute Gasteiger partial charge is 0.508 e. The Morgan fingerprint density at radius 1 is 1.55 bits per heavy atom. The molecule has 1 rings (SSSR count). The Balaban J connectivity index is 3.02. The Hall–Kier alpha value is -0.905. The first-order chi connectivity index (χ1) is 5.25. The van der Waals surface area contributed by atoms with Crippen LogP contribution >= 0.6 is 0 Å². The minimum absolute atomic E-state index is 0.231. The van der Waals surface area contributed by atoms with E-state index in [0.29, 0.717) is 5.56 Å². The number of pyridine rings is 1. The van der Waals surface area contributed by atoms with Gasteiger partial charge in [0.2, 0.25) is 0 Å². The number of rotatable bonds is 2. The molecule has 0 aromatic carbocycles. The van der Waals surface area contributed by atoms with Gasteiger partial charge in [-0.15, -0.1) is 0 Å². The average molecular weight is 152 g/mol. The van der Waals surface area contributed by atoms with Crippen molar-refractivity contribution < 1.29 is 10.0 Å². The van der Waals surface area contributed by atoms with E-state index in [1.54, 1.807) is 12.1 Å². The van der Waals surface area contributed by atoms with Crippen LogP contribution in [0, 0.1) is 0 Å². The first-order valence-corrected chi connectivity index (χ1v) is 3.25. The summed E-state index contributed by atoms with van der Waals surface area (Å²) in [5.74, 6) is 0. The van der Waals surface area contributed by atoms with Gasteiger partial charge < -0.3 is 15.8 Å². The SMILES string of the molecule is NCc1cccnc1B(O)O. The number of nitrogens with zero attached hydrogens (tertiary/aromatic N) is 1. The Kier molecular flexibility index (Phi) is 2.59. The Labute approximate surface area is 64.8 Å². The standard InChI is InChI=1S/C6H9BN2O2/c8-4-5-2-1-3-9-6(5)7(10)11/h1-3,10-11H,4,8H2. The summed E-state index contributed by atoms with van der Waals surface area (Å²) in [7, 11) is -1.53. The van der Waals surface area contributed by atoms with E-state index in [-0.39, 0.29) is 12.1 Å². The maximum absolute atomic E-state index is 8.77. The number of nitrogens with two attached hydrogens (primary N) is 1. The molecule has 11 heavy (non-hydrogen) atoms. The van der Waals surface area contributed by atoms with Crippen LogP contribution in [0.1, 0.15) is 5.56 Å². The van der Waals surface area contributed by atoms with E-state index in [9.17, 15) is 0 Å². The van der Waals surface area contributed by atoms with Crippen LogP contribution in [0.2, 0.25) is 0 Å². The van der Waals surface area contributed by atoms with Crippen molar-refractivity contribution >= 4 is 12.7 Å². The third-order valence-electron chi connectivity index (χ3n) is 1.39. The molecule has 0 saturated carbocycles. The molecule has 0 aliphatic carbocycles. The molecule has 0 aliphatic heterocycles. The minimum atomic E-state index is -1.53. The van der Waals surface area contributed by atoms with Gasteiger partial charge in [0.15, 0.2) is 0 Å². The van der Waals surface area contributed by atoms with Gasteiger partial charge in [-0.2, -0.15) is 0 Å². The molecule has 0 atom stereocenters. The third-order valence-corrected chi connectivity index (χ3v) is 1.39. The first-order valence-electron chi connectivity index (χ1n) is 3.25. The van der Waals surface area contributed by atoms with Gasteiger partial charge in [0.25, 0.3) is 0 Å². The van der Waals surface area contributed by atoms with E-state index in [2.05, 4.69) is 4.98 Å². The zero-order valence-electron chi connectivity index (χ0n) is 5.94. The lowest BCUT2D eigenvalue weighted by molar-refractivity contribution is 0.423. The molecule has 0 radical (unpaired) electrons. The van der Waals surface area contributed by atoms with Gasteiger partial charge in [-0.3, -0.25) is 4.98 Å². The van der Waals surface area contributed by atoms with E-state index >= 15 is 0 Å². The van der Waals surface area contributed by atoms with Gasteiger partial charge in [-0.1, -0.05) is 6.07 Å². The summed E-state index contributed by atoms with van der Waals surface area (Å²) in [5.41, 5.74) is 6.21. The molecule has 1 heterocycles. The van der Waals surface area contributed by atoms with Crippen molar-refractivity contribution in [2.75, 3.05) is 0 Å². The smallest absolute Gasteiger partial charge is 0.422 e. The zero-order valence-corrected chi connectivity index (χ0v) is 5.94. The van der Waals surface area contributed by atoms with Crippen LogP contribution in [-0.4, -0.2) is 22.2 Å². The van der Waals surface area contributed by atoms with Crippen LogP contribution in [0.15, 0.2) is 18.3 Å². The van der Waals surface area contributed by atoms with Crippen LogP contribution in [0.3, 0.4) is 0 Å². The highest BCUT2D eigenvalue weighted by Crippen LogP contribution is 1.91. The Bertz CT molecular complexity index is 242. The second-order valence-electron chi connectivity index (χ2n) is 2.13. The van der Waals surface area contributed by atoms with Gasteiger partial charge in [-0.25, -0.2) is 0 Å². The normalized spacial score (nSPS) is 9.73. The van der Waals surface area contributed by atoms with E-state index in [1.165, 1.54) is 6.20 Å². The molecule has 5 heteroatoms. The predicted molar refractivity (Wildman–Crippen MR) is 42.0 cm³/mol. The number of aromatic nitrogens is 1. The molecule has 58 valence electrons. The molecule has 0 bridgehead atoms. The van der Waals surface area contributed by atoms with Crippen LogP contribution in [0.25, 0.3) is 0 Å². The van der Waals surface area contributed by atoms with Gasteiger partial charge in [-0.05, 0) is 11.6 Å². The summed E-state index contributed by atoms with van der Waals surface area (Å²) in [6.45, 7) is 0.265.